The quantitative estimate of drug-likeness (QED) is 0.332. The van der Waals surface area contributed by atoms with Crippen molar-refractivity contribution in [3.8, 4) is 11.1 Å². The summed E-state index contributed by atoms with van der Waals surface area (Å²) in [5.41, 5.74) is 1.56. The third-order valence-corrected chi connectivity index (χ3v) is 6.22. The number of aromatic nitrogens is 2. The summed E-state index contributed by atoms with van der Waals surface area (Å²) in [4.78, 5) is 32.6. The number of aryl methyl sites for hydroxylation is 1. The Hall–Kier alpha value is -2.55. The second kappa shape index (κ2) is 7.46. The fourth-order valence-corrected chi connectivity index (χ4v) is 4.83. The highest BCUT2D eigenvalue weighted by molar-refractivity contribution is 7.98. The van der Waals surface area contributed by atoms with E-state index >= 15 is 0 Å². The SMILES string of the molecule is Cc1sc2nc(SCc3ccc(C(=O)O)o3)[nH]c(=O)c2c1-c1ccc(Cl)cc1. The molecular weight excluding hydrogens is 420 g/mol. The molecule has 9 heteroatoms. The zero-order valence-corrected chi connectivity index (χ0v) is 16.9. The minimum atomic E-state index is -1.12. The summed E-state index contributed by atoms with van der Waals surface area (Å²) in [5.74, 6) is -0.382. The van der Waals surface area contributed by atoms with Gasteiger partial charge in [0, 0.05) is 15.5 Å². The van der Waals surface area contributed by atoms with Crippen molar-refractivity contribution in [2.75, 3.05) is 0 Å². The van der Waals surface area contributed by atoms with Crippen molar-refractivity contribution in [3.05, 3.63) is 68.2 Å². The normalized spacial score (nSPS) is 11.2. The number of aromatic amines is 1. The standard InChI is InChI=1S/C19H13ClN2O4S2/c1-9-14(10-2-4-11(20)5-3-10)15-16(23)21-19(22-17(15)28-9)27-8-12-6-7-13(26-12)18(24)25/h2-7H,8H2,1H3,(H,24,25)(H,21,22,23). The number of hydrogen-bond donors (Lipinski definition) is 2. The largest absolute Gasteiger partial charge is 0.475 e. The van der Waals surface area contributed by atoms with Crippen molar-refractivity contribution >= 4 is 50.9 Å². The Labute approximate surface area is 172 Å². The maximum atomic E-state index is 12.7. The van der Waals surface area contributed by atoms with Crippen LogP contribution in [0.3, 0.4) is 0 Å². The van der Waals surface area contributed by atoms with Crippen molar-refractivity contribution in [2.45, 2.75) is 17.8 Å². The number of fused-ring (bicyclic) bond motifs is 1. The van der Waals surface area contributed by atoms with Gasteiger partial charge in [-0.3, -0.25) is 4.79 Å². The maximum absolute atomic E-state index is 12.7. The summed E-state index contributed by atoms with van der Waals surface area (Å²) in [6.45, 7) is 1.96. The Bertz CT molecular complexity index is 1240. The highest BCUT2D eigenvalue weighted by atomic mass is 35.5. The van der Waals surface area contributed by atoms with Crippen LogP contribution in [0, 0.1) is 6.92 Å². The smallest absolute Gasteiger partial charge is 0.371 e. The Morgan fingerprint density at radius 2 is 2.04 bits per heavy atom. The fraction of sp³-hybridized carbons (Fsp3) is 0.105. The number of benzene rings is 1. The van der Waals surface area contributed by atoms with Gasteiger partial charge < -0.3 is 14.5 Å². The zero-order chi connectivity index (χ0) is 19.8. The summed E-state index contributed by atoms with van der Waals surface area (Å²) in [6, 6.07) is 10.4. The van der Waals surface area contributed by atoms with Gasteiger partial charge in [-0.1, -0.05) is 35.5 Å². The van der Waals surface area contributed by atoms with Crippen LogP contribution in [-0.2, 0) is 5.75 Å². The molecule has 142 valence electrons. The van der Waals surface area contributed by atoms with Crippen LogP contribution >= 0.6 is 34.7 Å². The predicted molar refractivity (Wildman–Crippen MR) is 111 cm³/mol. The highest BCUT2D eigenvalue weighted by Gasteiger charge is 2.17. The molecule has 0 bridgehead atoms. The maximum Gasteiger partial charge on any atom is 0.371 e. The number of furan rings is 1. The summed E-state index contributed by atoms with van der Waals surface area (Å²) >= 11 is 8.70. The van der Waals surface area contributed by atoms with Crippen LogP contribution in [-0.4, -0.2) is 21.0 Å². The molecule has 0 aliphatic rings. The molecule has 6 nitrogen and oxygen atoms in total. The molecule has 0 aliphatic heterocycles. The first kappa shape index (κ1) is 18.8. The van der Waals surface area contributed by atoms with Gasteiger partial charge in [0.25, 0.3) is 5.56 Å². The lowest BCUT2D eigenvalue weighted by atomic mass is 10.0. The Balaban J connectivity index is 1.66. The molecule has 0 amide bonds. The van der Waals surface area contributed by atoms with Crippen molar-refractivity contribution in [3.63, 3.8) is 0 Å². The number of thiophene rings is 1. The van der Waals surface area contributed by atoms with Gasteiger partial charge in [0.2, 0.25) is 5.76 Å². The molecule has 0 atom stereocenters. The lowest BCUT2D eigenvalue weighted by Crippen LogP contribution is -2.08. The molecule has 0 fully saturated rings. The van der Waals surface area contributed by atoms with Gasteiger partial charge in [-0.25, -0.2) is 9.78 Å². The number of H-pyrrole nitrogens is 1. The third kappa shape index (κ3) is 3.58. The van der Waals surface area contributed by atoms with E-state index in [1.54, 1.807) is 18.2 Å². The second-order valence-corrected chi connectivity index (χ2v) is 8.55. The number of halogens is 1. The molecule has 0 radical (unpaired) electrons. The average Bonchev–Trinajstić information content (AvgIpc) is 3.25. The minimum Gasteiger partial charge on any atom is -0.475 e. The number of nitrogens with one attached hydrogen (secondary N) is 1. The van der Waals surface area contributed by atoms with Crippen LogP contribution in [0.1, 0.15) is 21.2 Å². The van der Waals surface area contributed by atoms with E-state index in [0.29, 0.717) is 31.9 Å². The molecule has 0 aliphatic carbocycles. The van der Waals surface area contributed by atoms with Gasteiger partial charge in [0.1, 0.15) is 10.6 Å². The number of hydrogen-bond acceptors (Lipinski definition) is 6. The first-order valence-electron chi connectivity index (χ1n) is 8.16. The first-order valence-corrected chi connectivity index (χ1v) is 10.3. The highest BCUT2D eigenvalue weighted by Crippen LogP contribution is 2.36. The lowest BCUT2D eigenvalue weighted by Gasteiger charge is -2.03. The summed E-state index contributed by atoms with van der Waals surface area (Å²) in [6.07, 6.45) is 0. The van der Waals surface area contributed by atoms with Gasteiger partial charge in [0.15, 0.2) is 5.16 Å². The van der Waals surface area contributed by atoms with E-state index < -0.39 is 5.97 Å². The number of rotatable bonds is 5. The molecular formula is C19H13ClN2O4S2. The van der Waals surface area contributed by atoms with Gasteiger partial charge in [0.05, 0.1) is 11.1 Å². The Morgan fingerprint density at radius 3 is 2.71 bits per heavy atom. The van der Waals surface area contributed by atoms with E-state index in [4.69, 9.17) is 21.1 Å². The van der Waals surface area contributed by atoms with E-state index in [1.165, 1.54) is 29.2 Å². The molecule has 3 aromatic heterocycles. The molecule has 2 N–H and O–H groups in total. The molecule has 0 saturated carbocycles. The monoisotopic (exact) mass is 432 g/mol. The molecule has 4 rings (SSSR count). The van der Waals surface area contributed by atoms with Crippen molar-refractivity contribution in [1.29, 1.82) is 0 Å². The number of carboxylic acid groups (broad SMARTS) is 1. The summed E-state index contributed by atoms with van der Waals surface area (Å²) in [5, 5.41) is 10.6. The van der Waals surface area contributed by atoms with E-state index in [9.17, 15) is 9.59 Å². The molecule has 0 saturated heterocycles. The molecule has 3 heterocycles. The van der Waals surface area contributed by atoms with Crippen molar-refractivity contribution in [1.82, 2.24) is 9.97 Å². The number of carbonyl (C=O) groups is 1. The van der Waals surface area contributed by atoms with Gasteiger partial charge in [-0.15, -0.1) is 11.3 Å². The molecule has 1 aromatic carbocycles. The number of carboxylic acids is 1. The van der Waals surface area contributed by atoms with E-state index in [2.05, 4.69) is 9.97 Å². The Morgan fingerprint density at radius 1 is 1.29 bits per heavy atom. The van der Waals surface area contributed by atoms with Gasteiger partial charge in [-0.2, -0.15) is 0 Å². The number of thioether (sulfide) groups is 1. The number of nitrogens with zero attached hydrogens (tertiary/aromatic N) is 1. The van der Waals surface area contributed by atoms with Gasteiger partial charge >= 0.3 is 5.97 Å². The Kier molecular flexibility index (Phi) is 5.01. The number of aromatic carboxylic acids is 1. The zero-order valence-electron chi connectivity index (χ0n) is 14.5. The lowest BCUT2D eigenvalue weighted by molar-refractivity contribution is 0.0661. The van der Waals surface area contributed by atoms with Crippen LogP contribution in [0.15, 0.2) is 50.8 Å². The van der Waals surface area contributed by atoms with Crippen LogP contribution < -0.4 is 5.56 Å². The van der Waals surface area contributed by atoms with Crippen LogP contribution in [0.25, 0.3) is 21.3 Å². The minimum absolute atomic E-state index is 0.117. The molecule has 28 heavy (non-hydrogen) atoms. The van der Waals surface area contributed by atoms with Crippen LogP contribution in [0.2, 0.25) is 5.02 Å². The molecule has 0 unspecified atom stereocenters. The van der Waals surface area contributed by atoms with Crippen LogP contribution in [0.4, 0.5) is 0 Å². The first-order chi connectivity index (χ1) is 13.4. The molecule has 0 spiro atoms. The van der Waals surface area contributed by atoms with Crippen molar-refractivity contribution < 1.29 is 14.3 Å². The predicted octanol–water partition coefficient (Wildman–Crippen LogP) is 5.20. The second-order valence-electron chi connectivity index (χ2n) is 5.95. The van der Waals surface area contributed by atoms with E-state index in [1.807, 2.05) is 19.1 Å². The fourth-order valence-electron chi connectivity index (χ4n) is 2.84. The molecule has 4 aromatic rings. The van der Waals surface area contributed by atoms with E-state index in [0.717, 1.165) is 16.0 Å². The third-order valence-electron chi connectivity index (χ3n) is 4.07. The van der Waals surface area contributed by atoms with Crippen molar-refractivity contribution in [2.24, 2.45) is 0 Å². The topological polar surface area (TPSA) is 96.2 Å². The summed E-state index contributed by atoms with van der Waals surface area (Å²) < 4.78 is 5.23. The van der Waals surface area contributed by atoms with Gasteiger partial charge in [-0.05, 0) is 36.8 Å². The van der Waals surface area contributed by atoms with E-state index in [-0.39, 0.29) is 11.3 Å². The van der Waals surface area contributed by atoms with Crippen LogP contribution in [0.5, 0.6) is 0 Å². The average molecular weight is 433 g/mol. The summed E-state index contributed by atoms with van der Waals surface area (Å²) in [7, 11) is 0.